The van der Waals surface area contributed by atoms with Gasteiger partial charge in [0.15, 0.2) is 0 Å². The van der Waals surface area contributed by atoms with E-state index in [2.05, 4.69) is 55.8 Å². The number of nitriles is 1. The van der Waals surface area contributed by atoms with Crippen LogP contribution in [0.2, 0.25) is 5.02 Å². The first-order valence-electron chi connectivity index (χ1n) is 22.3. The molecule has 3 atom stereocenters. The molecule has 0 spiro atoms. The number of piperidine rings is 1. The van der Waals surface area contributed by atoms with Gasteiger partial charge in [-0.15, -0.1) is 0 Å². The second-order valence-corrected chi connectivity index (χ2v) is 20.3. The normalized spacial score (nSPS) is 29.1. The number of hydrogen-bond acceptors (Lipinski definition) is 10. The maximum atomic E-state index is 15.6. The molecule has 0 radical (unpaired) electrons. The molecule has 5 fully saturated rings. The zero-order valence-corrected chi connectivity index (χ0v) is 37.0. The number of nitrogens with one attached hydrogen (secondary N) is 1. The van der Waals surface area contributed by atoms with Crippen LogP contribution >= 0.6 is 11.6 Å². The van der Waals surface area contributed by atoms with Gasteiger partial charge in [0, 0.05) is 67.5 Å². The zero-order chi connectivity index (χ0) is 45.0. The van der Waals surface area contributed by atoms with Crippen LogP contribution in [-0.4, -0.2) is 99.6 Å². The second-order valence-electron chi connectivity index (χ2n) is 19.9. The highest BCUT2D eigenvalue weighted by Gasteiger charge is 2.67. The Labute approximate surface area is 376 Å². The molecule has 13 nitrogen and oxygen atoms in total. The van der Waals surface area contributed by atoms with Gasteiger partial charge in [-0.25, -0.2) is 9.37 Å². The van der Waals surface area contributed by atoms with Gasteiger partial charge in [-0.3, -0.25) is 39.1 Å². The third-order valence-corrected chi connectivity index (χ3v) is 15.5. The first-order chi connectivity index (χ1) is 30.5. The van der Waals surface area contributed by atoms with Crippen LogP contribution in [0.4, 0.5) is 10.1 Å². The Bertz CT molecular complexity index is 2630. The van der Waals surface area contributed by atoms with Crippen molar-refractivity contribution in [2.75, 3.05) is 31.1 Å². The average Bonchev–Trinajstić information content (AvgIpc) is 3.99. The molecular formula is C49H49ClFN7O6. The number of rotatable bonds is 6. The van der Waals surface area contributed by atoms with E-state index in [0.717, 1.165) is 55.4 Å². The van der Waals surface area contributed by atoms with Gasteiger partial charge in [0.05, 0.1) is 45.2 Å². The standard InChI is InChI=1S/C49H49ClFN7O6/c1-48(2)46(49(3,4)47(48)64-32-13-8-27(20-52)36(50)17-32)57-25-38-33(43(57)61)14-10-30(53-38)9-5-26-6-11-31(12-7-26)55-21-28-23-56(24-29(28)22-55)40-19-35-34(18-37(40)51)44(62)58(45(35)63)39-15-16-41(59)54-42(39)60/h8,10,13-14,17-19,26,28-29,31,39,46-47H,6-7,11-12,15-16,21-25H2,1-4H3,(H,54,59,60). The summed E-state index contributed by atoms with van der Waals surface area (Å²) in [6.07, 6.45) is 3.91. The fourth-order valence-electron chi connectivity index (χ4n) is 12.5. The van der Waals surface area contributed by atoms with Crippen LogP contribution in [-0.2, 0) is 16.1 Å². The molecule has 15 heteroatoms. The Morgan fingerprint density at radius 2 is 1.53 bits per heavy atom. The number of carbonyl (C=O) groups excluding carboxylic acids is 5. The molecule has 3 saturated heterocycles. The second kappa shape index (κ2) is 15.4. The minimum absolute atomic E-state index is 0.0180. The van der Waals surface area contributed by atoms with E-state index in [4.69, 9.17) is 21.3 Å². The highest BCUT2D eigenvalue weighted by Crippen LogP contribution is 2.59. The number of benzene rings is 2. The number of ether oxygens (including phenoxy) is 1. The highest BCUT2D eigenvalue weighted by atomic mass is 35.5. The summed E-state index contributed by atoms with van der Waals surface area (Å²) in [5.74, 6) is 5.27. The quantitative estimate of drug-likeness (QED) is 0.232. The highest BCUT2D eigenvalue weighted by molar-refractivity contribution is 6.31. The van der Waals surface area contributed by atoms with Gasteiger partial charge in [-0.05, 0) is 86.3 Å². The summed E-state index contributed by atoms with van der Waals surface area (Å²) in [5, 5.41) is 11.8. The molecule has 7 aliphatic rings. The van der Waals surface area contributed by atoms with Gasteiger partial charge < -0.3 is 14.5 Å². The van der Waals surface area contributed by atoms with E-state index in [9.17, 15) is 29.2 Å². The Hall–Kier alpha value is -5.83. The number of fused-ring (bicyclic) bond motifs is 3. The molecule has 3 aromatic rings. The van der Waals surface area contributed by atoms with Crippen molar-refractivity contribution in [2.45, 2.75) is 97.0 Å². The molecule has 1 N–H and O–H groups in total. The molecule has 6 heterocycles. The number of anilines is 1. The number of halogens is 2. The summed E-state index contributed by atoms with van der Waals surface area (Å²) in [4.78, 5) is 76.8. The molecule has 2 aromatic carbocycles. The van der Waals surface area contributed by atoms with Gasteiger partial charge in [0.25, 0.3) is 17.7 Å². The van der Waals surface area contributed by atoms with Gasteiger partial charge in [0.1, 0.15) is 35.5 Å². The van der Waals surface area contributed by atoms with Crippen LogP contribution < -0.4 is 15.0 Å². The van der Waals surface area contributed by atoms with E-state index in [-0.39, 0.29) is 58.8 Å². The lowest BCUT2D eigenvalue weighted by Crippen LogP contribution is -2.74. The van der Waals surface area contributed by atoms with Crippen molar-refractivity contribution >= 4 is 46.8 Å². The van der Waals surface area contributed by atoms with Crippen molar-refractivity contribution in [2.24, 2.45) is 28.6 Å². The number of aromatic nitrogens is 1. The molecular weight excluding hydrogens is 837 g/mol. The molecule has 2 aliphatic carbocycles. The predicted molar refractivity (Wildman–Crippen MR) is 233 cm³/mol. The van der Waals surface area contributed by atoms with E-state index < -0.39 is 35.5 Å². The Morgan fingerprint density at radius 1 is 0.844 bits per heavy atom. The first kappa shape index (κ1) is 42.1. The fourth-order valence-corrected chi connectivity index (χ4v) is 12.7. The number of imide groups is 2. The molecule has 0 bridgehead atoms. The van der Waals surface area contributed by atoms with E-state index in [1.54, 1.807) is 18.2 Å². The van der Waals surface area contributed by atoms with Crippen molar-refractivity contribution in [3.05, 3.63) is 86.9 Å². The number of pyridine rings is 1. The smallest absolute Gasteiger partial charge is 0.262 e. The van der Waals surface area contributed by atoms with Crippen molar-refractivity contribution < 1.29 is 33.1 Å². The number of amides is 5. The van der Waals surface area contributed by atoms with E-state index in [1.807, 2.05) is 21.9 Å². The topological polar surface area (TPSA) is 156 Å². The molecule has 2 saturated carbocycles. The fraction of sp³-hybridized carbons (Fsp3) is 0.490. The zero-order valence-electron chi connectivity index (χ0n) is 36.2. The Kier molecular flexibility index (Phi) is 10.2. The van der Waals surface area contributed by atoms with Crippen LogP contribution in [0, 0.1) is 57.6 Å². The lowest BCUT2D eigenvalue weighted by atomic mass is 9.49. The number of nitrogens with zero attached hydrogens (tertiary/aromatic N) is 6. The molecule has 3 unspecified atom stereocenters. The molecule has 5 amide bonds. The SMILES string of the molecule is CC1(C)C(Oc2ccc(C#N)c(Cl)c2)C(C)(C)C1N1Cc2nc(C#CC3CCC(N4CC5CN(c6cc7c(cc6F)C(=O)N(C6CCC(=O)NC6=O)C7=O)CC5C4)CC3)ccc2C1=O. The maximum Gasteiger partial charge on any atom is 0.262 e. The largest absolute Gasteiger partial charge is 0.489 e. The molecule has 5 aliphatic heterocycles. The van der Waals surface area contributed by atoms with Gasteiger partial charge in [-0.2, -0.15) is 5.26 Å². The van der Waals surface area contributed by atoms with Crippen LogP contribution in [0.1, 0.15) is 114 Å². The van der Waals surface area contributed by atoms with Gasteiger partial charge in [-0.1, -0.05) is 45.2 Å². The molecule has 330 valence electrons. The molecule has 10 rings (SSSR count). The summed E-state index contributed by atoms with van der Waals surface area (Å²) < 4.78 is 22.1. The van der Waals surface area contributed by atoms with Crippen molar-refractivity contribution in [3.63, 3.8) is 0 Å². The lowest BCUT2D eigenvalue weighted by molar-refractivity contribution is -0.199. The lowest BCUT2D eigenvalue weighted by Gasteiger charge is -2.65. The molecule has 1 aromatic heterocycles. The first-order valence-corrected chi connectivity index (χ1v) is 22.6. The number of likely N-dealkylation sites (tertiary alicyclic amines) is 1. The van der Waals surface area contributed by atoms with Crippen LogP contribution in [0.25, 0.3) is 0 Å². The summed E-state index contributed by atoms with van der Waals surface area (Å²) in [6, 6.07) is 12.7. The van der Waals surface area contributed by atoms with Gasteiger partial charge >= 0.3 is 0 Å². The van der Waals surface area contributed by atoms with Crippen LogP contribution in [0.5, 0.6) is 5.75 Å². The van der Waals surface area contributed by atoms with Crippen molar-refractivity contribution in [3.8, 4) is 23.7 Å². The van der Waals surface area contributed by atoms with Crippen LogP contribution in [0.15, 0.2) is 42.5 Å². The summed E-state index contributed by atoms with van der Waals surface area (Å²) in [6.45, 7) is 12.0. The monoisotopic (exact) mass is 885 g/mol. The number of hydrogen-bond donors (Lipinski definition) is 1. The average molecular weight is 886 g/mol. The third kappa shape index (κ3) is 6.83. The Morgan fingerprint density at radius 3 is 2.19 bits per heavy atom. The summed E-state index contributed by atoms with van der Waals surface area (Å²) >= 11 is 6.30. The Balaban J connectivity index is 0.722. The summed E-state index contributed by atoms with van der Waals surface area (Å²) in [7, 11) is 0. The minimum Gasteiger partial charge on any atom is -0.489 e. The van der Waals surface area contributed by atoms with Crippen molar-refractivity contribution in [1.82, 2.24) is 25.0 Å². The molecule has 64 heavy (non-hydrogen) atoms. The predicted octanol–water partition coefficient (Wildman–Crippen LogP) is 5.96. The van der Waals surface area contributed by atoms with E-state index >= 15 is 4.39 Å². The minimum atomic E-state index is -1.10. The van der Waals surface area contributed by atoms with Gasteiger partial charge in [0.2, 0.25) is 11.8 Å². The van der Waals surface area contributed by atoms with Crippen molar-refractivity contribution in [1.29, 1.82) is 5.26 Å². The van der Waals surface area contributed by atoms with E-state index in [1.165, 1.54) is 6.07 Å². The van der Waals surface area contributed by atoms with Crippen LogP contribution in [0.3, 0.4) is 0 Å². The number of carbonyl (C=O) groups is 5. The summed E-state index contributed by atoms with van der Waals surface area (Å²) in [5.41, 5.74) is 1.99. The maximum absolute atomic E-state index is 15.6. The van der Waals surface area contributed by atoms with E-state index in [0.29, 0.717) is 70.8 Å². The third-order valence-electron chi connectivity index (χ3n) is 15.2.